The van der Waals surface area contributed by atoms with Gasteiger partial charge in [0.25, 0.3) is 0 Å². The normalized spacial score (nSPS) is 10.4. The molecule has 4 heteroatoms. The summed E-state index contributed by atoms with van der Waals surface area (Å²) < 4.78 is 5.76. The summed E-state index contributed by atoms with van der Waals surface area (Å²) in [4.78, 5) is 8.53. The van der Waals surface area contributed by atoms with Crippen molar-refractivity contribution in [3.05, 3.63) is 11.9 Å². The average Bonchev–Trinajstić information content (AvgIpc) is 2.41. The van der Waals surface area contributed by atoms with Crippen LogP contribution in [0.25, 0.3) is 0 Å². The molecule has 0 amide bonds. The number of nitrogens with one attached hydrogen (secondary N) is 1. The van der Waals surface area contributed by atoms with Crippen molar-refractivity contribution in [2.24, 2.45) is 0 Å². The van der Waals surface area contributed by atoms with Crippen molar-refractivity contribution in [3.63, 3.8) is 0 Å². The summed E-state index contributed by atoms with van der Waals surface area (Å²) in [6.07, 6.45) is 7.04. The molecule has 0 saturated carbocycles. The van der Waals surface area contributed by atoms with E-state index < -0.39 is 0 Å². The highest BCUT2D eigenvalue weighted by Crippen LogP contribution is 2.22. The Bertz CT molecular complexity index is 342. The molecule has 0 bridgehead atoms. The fraction of sp³-hybridized carbons (Fsp3) is 0.714. The molecule has 1 aromatic heterocycles. The van der Waals surface area contributed by atoms with Crippen LogP contribution in [0, 0.1) is 0 Å². The summed E-state index contributed by atoms with van der Waals surface area (Å²) in [7, 11) is 0. The van der Waals surface area contributed by atoms with Crippen LogP contribution in [-0.4, -0.2) is 23.1 Å². The first-order valence-electron chi connectivity index (χ1n) is 7.03. The second-order valence-electron chi connectivity index (χ2n) is 4.34. The third kappa shape index (κ3) is 4.51. The van der Waals surface area contributed by atoms with E-state index in [4.69, 9.17) is 4.74 Å². The number of aromatic nitrogens is 2. The van der Waals surface area contributed by atoms with Gasteiger partial charge in [0, 0.05) is 6.54 Å². The van der Waals surface area contributed by atoms with Gasteiger partial charge in [0.15, 0.2) is 0 Å². The molecular weight excluding hydrogens is 226 g/mol. The summed E-state index contributed by atoms with van der Waals surface area (Å²) in [5, 5.41) is 3.32. The molecule has 0 fully saturated rings. The first kappa shape index (κ1) is 14.7. The molecule has 0 aliphatic heterocycles. The van der Waals surface area contributed by atoms with Gasteiger partial charge >= 0.3 is 0 Å². The van der Waals surface area contributed by atoms with Gasteiger partial charge < -0.3 is 10.1 Å². The number of ether oxygens (including phenoxy) is 1. The molecule has 0 unspecified atom stereocenters. The molecule has 0 radical (unpaired) electrons. The molecule has 1 rings (SSSR count). The van der Waals surface area contributed by atoms with Crippen LogP contribution < -0.4 is 10.1 Å². The SMILES string of the molecule is CCCCCOc1ncnc(NCCC)c1CC. The number of rotatable bonds is 9. The van der Waals surface area contributed by atoms with Crippen LogP contribution in [0.5, 0.6) is 5.88 Å². The van der Waals surface area contributed by atoms with Crippen LogP contribution in [0.2, 0.25) is 0 Å². The van der Waals surface area contributed by atoms with Gasteiger partial charge in [-0.3, -0.25) is 0 Å². The molecule has 1 heterocycles. The molecule has 0 saturated heterocycles. The lowest BCUT2D eigenvalue weighted by Crippen LogP contribution is -2.09. The monoisotopic (exact) mass is 251 g/mol. The third-order valence-electron chi connectivity index (χ3n) is 2.79. The highest BCUT2D eigenvalue weighted by atomic mass is 16.5. The van der Waals surface area contributed by atoms with E-state index in [0.29, 0.717) is 0 Å². The van der Waals surface area contributed by atoms with Crippen LogP contribution in [0.4, 0.5) is 5.82 Å². The number of unbranched alkanes of at least 4 members (excludes halogenated alkanes) is 2. The Morgan fingerprint density at radius 2 is 1.94 bits per heavy atom. The summed E-state index contributed by atoms with van der Waals surface area (Å²) in [6.45, 7) is 8.11. The number of hydrogen-bond acceptors (Lipinski definition) is 4. The summed E-state index contributed by atoms with van der Waals surface area (Å²) in [5.74, 6) is 1.65. The van der Waals surface area contributed by atoms with Crippen molar-refractivity contribution in [1.29, 1.82) is 0 Å². The molecule has 18 heavy (non-hydrogen) atoms. The lowest BCUT2D eigenvalue weighted by atomic mass is 10.2. The zero-order valence-electron chi connectivity index (χ0n) is 11.8. The molecule has 1 aromatic rings. The first-order chi connectivity index (χ1) is 8.83. The Hall–Kier alpha value is -1.32. The molecule has 1 N–H and O–H groups in total. The highest BCUT2D eigenvalue weighted by molar-refractivity contribution is 5.48. The summed E-state index contributed by atoms with van der Waals surface area (Å²) in [6, 6.07) is 0. The molecule has 0 aliphatic carbocycles. The molecule has 0 spiro atoms. The minimum Gasteiger partial charge on any atom is -0.477 e. The maximum atomic E-state index is 5.76. The molecule has 0 atom stereocenters. The van der Waals surface area contributed by atoms with E-state index in [0.717, 1.165) is 49.7 Å². The van der Waals surface area contributed by atoms with E-state index in [1.54, 1.807) is 6.33 Å². The van der Waals surface area contributed by atoms with E-state index in [9.17, 15) is 0 Å². The summed E-state index contributed by atoms with van der Waals surface area (Å²) >= 11 is 0. The van der Waals surface area contributed by atoms with E-state index in [1.807, 2.05) is 0 Å². The molecule has 0 aliphatic rings. The van der Waals surface area contributed by atoms with Crippen molar-refractivity contribution in [1.82, 2.24) is 9.97 Å². The smallest absolute Gasteiger partial charge is 0.221 e. The lowest BCUT2D eigenvalue weighted by molar-refractivity contribution is 0.291. The molecule has 4 nitrogen and oxygen atoms in total. The Labute approximate surface area is 110 Å². The quantitative estimate of drug-likeness (QED) is 0.683. The van der Waals surface area contributed by atoms with Crippen LogP contribution in [-0.2, 0) is 6.42 Å². The predicted molar refractivity (Wildman–Crippen MR) is 75.2 cm³/mol. The van der Waals surface area contributed by atoms with Gasteiger partial charge in [0.2, 0.25) is 5.88 Å². The Kier molecular flexibility index (Phi) is 7.14. The van der Waals surface area contributed by atoms with E-state index in [2.05, 4.69) is 36.1 Å². The van der Waals surface area contributed by atoms with Crippen molar-refractivity contribution >= 4 is 5.82 Å². The minimum atomic E-state index is 0.738. The second-order valence-corrected chi connectivity index (χ2v) is 4.34. The van der Waals surface area contributed by atoms with E-state index in [-0.39, 0.29) is 0 Å². The van der Waals surface area contributed by atoms with Crippen LogP contribution >= 0.6 is 0 Å². The number of hydrogen-bond donors (Lipinski definition) is 1. The van der Waals surface area contributed by atoms with E-state index >= 15 is 0 Å². The molecular formula is C14H25N3O. The van der Waals surface area contributed by atoms with Crippen LogP contribution in [0.3, 0.4) is 0 Å². The second kappa shape index (κ2) is 8.72. The van der Waals surface area contributed by atoms with Gasteiger partial charge in [-0.2, -0.15) is 0 Å². The highest BCUT2D eigenvalue weighted by Gasteiger charge is 2.10. The van der Waals surface area contributed by atoms with Crippen molar-refractivity contribution in [2.75, 3.05) is 18.5 Å². The largest absolute Gasteiger partial charge is 0.477 e. The maximum Gasteiger partial charge on any atom is 0.221 e. The van der Waals surface area contributed by atoms with Gasteiger partial charge in [0.05, 0.1) is 12.2 Å². The molecule has 0 aromatic carbocycles. The van der Waals surface area contributed by atoms with Gasteiger partial charge in [-0.15, -0.1) is 0 Å². The van der Waals surface area contributed by atoms with Gasteiger partial charge in [-0.25, -0.2) is 9.97 Å². The maximum absolute atomic E-state index is 5.76. The average molecular weight is 251 g/mol. The minimum absolute atomic E-state index is 0.738. The first-order valence-corrected chi connectivity index (χ1v) is 7.03. The van der Waals surface area contributed by atoms with Gasteiger partial charge in [0.1, 0.15) is 12.1 Å². The Morgan fingerprint density at radius 3 is 2.61 bits per heavy atom. The van der Waals surface area contributed by atoms with Crippen molar-refractivity contribution in [2.45, 2.75) is 52.9 Å². The predicted octanol–water partition coefficient (Wildman–Crippen LogP) is 3.43. The Morgan fingerprint density at radius 1 is 1.11 bits per heavy atom. The van der Waals surface area contributed by atoms with Gasteiger partial charge in [-0.05, 0) is 19.3 Å². The topological polar surface area (TPSA) is 47.0 Å². The van der Waals surface area contributed by atoms with E-state index in [1.165, 1.54) is 12.8 Å². The molecule has 102 valence electrons. The number of nitrogens with zero attached hydrogens (tertiary/aromatic N) is 2. The van der Waals surface area contributed by atoms with Gasteiger partial charge in [-0.1, -0.05) is 33.6 Å². The zero-order valence-corrected chi connectivity index (χ0v) is 11.8. The Balaban J connectivity index is 2.65. The van der Waals surface area contributed by atoms with Crippen molar-refractivity contribution in [3.8, 4) is 5.88 Å². The van der Waals surface area contributed by atoms with Crippen molar-refractivity contribution < 1.29 is 4.74 Å². The third-order valence-corrected chi connectivity index (χ3v) is 2.79. The fourth-order valence-corrected chi connectivity index (χ4v) is 1.76. The fourth-order valence-electron chi connectivity index (χ4n) is 1.76. The lowest BCUT2D eigenvalue weighted by Gasteiger charge is -2.13. The standard InChI is InChI=1S/C14H25N3O/c1-4-7-8-10-18-14-12(6-3)13(15-9-5-2)16-11-17-14/h11H,4-10H2,1-3H3,(H,15,16,17). The zero-order chi connectivity index (χ0) is 13.2. The van der Waals surface area contributed by atoms with Crippen LogP contribution in [0.15, 0.2) is 6.33 Å². The summed E-state index contributed by atoms with van der Waals surface area (Å²) in [5.41, 5.74) is 1.09. The van der Waals surface area contributed by atoms with Crippen LogP contribution in [0.1, 0.15) is 52.0 Å². The number of anilines is 1.